The predicted octanol–water partition coefficient (Wildman–Crippen LogP) is 2.43. The molecule has 1 aromatic carbocycles. The van der Waals surface area contributed by atoms with E-state index in [9.17, 15) is 14.4 Å². The van der Waals surface area contributed by atoms with Gasteiger partial charge in [-0.2, -0.15) is 0 Å². The Kier molecular flexibility index (Phi) is 4.44. The van der Waals surface area contributed by atoms with Crippen molar-refractivity contribution in [3.8, 4) is 0 Å². The van der Waals surface area contributed by atoms with Crippen LogP contribution in [0, 0.1) is 0 Å². The van der Waals surface area contributed by atoms with E-state index >= 15 is 0 Å². The number of benzene rings is 1. The van der Waals surface area contributed by atoms with Gasteiger partial charge in [0.25, 0.3) is 11.8 Å². The molecule has 0 radical (unpaired) electrons. The van der Waals surface area contributed by atoms with Crippen molar-refractivity contribution in [2.75, 3.05) is 0 Å². The molecule has 0 bridgehead atoms. The summed E-state index contributed by atoms with van der Waals surface area (Å²) in [7, 11) is 0. The molecule has 2 heterocycles. The Morgan fingerprint density at radius 3 is 2.42 bits per heavy atom. The average molecular weight is 344 g/mol. The largest absolute Gasteiger partial charge is 0.458 e. The third-order valence-electron chi connectivity index (χ3n) is 3.82. The highest BCUT2D eigenvalue weighted by atomic mass is 32.1. The molecule has 1 aliphatic heterocycles. The van der Waals surface area contributed by atoms with Gasteiger partial charge in [0, 0.05) is 5.38 Å². The number of thiazole rings is 1. The number of hydrogen-bond donors (Lipinski definition) is 0. The molecule has 7 heteroatoms. The first-order valence-electron chi connectivity index (χ1n) is 7.59. The van der Waals surface area contributed by atoms with Gasteiger partial charge in [-0.25, -0.2) is 9.78 Å². The second kappa shape index (κ2) is 6.52. The summed E-state index contributed by atoms with van der Waals surface area (Å²) in [4.78, 5) is 42.2. The van der Waals surface area contributed by atoms with Crippen molar-refractivity contribution >= 4 is 29.1 Å². The molecular formula is C17H16N2O4S. The van der Waals surface area contributed by atoms with Gasteiger partial charge in [-0.15, -0.1) is 11.3 Å². The number of esters is 1. The monoisotopic (exact) mass is 344 g/mol. The highest BCUT2D eigenvalue weighted by Gasteiger charge is 2.41. The fourth-order valence-electron chi connectivity index (χ4n) is 2.51. The molecule has 2 amide bonds. The summed E-state index contributed by atoms with van der Waals surface area (Å²) in [6, 6.07) is 5.54. The van der Waals surface area contributed by atoms with E-state index in [1.807, 2.05) is 12.3 Å². The van der Waals surface area contributed by atoms with E-state index in [0.717, 1.165) is 16.3 Å². The fourth-order valence-corrected chi connectivity index (χ4v) is 3.24. The van der Waals surface area contributed by atoms with Crippen LogP contribution in [0.25, 0.3) is 0 Å². The smallest absolute Gasteiger partial charge is 0.329 e. The van der Waals surface area contributed by atoms with Crippen molar-refractivity contribution in [3.05, 3.63) is 51.5 Å². The van der Waals surface area contributed by atoms with Gasteiger partial charge in [0.05, 0.1) is 21.8 Å². The maximum absolute atomic E-state index is 12.4. The summed E-state index contributed by atoms with van der Waals surface area (Å²) in [6.07, 6.45) is 0.823. The van der Waals surface area contributed by atoms with E-state index in [2.05, 4.69) is 4.98 Å². The summed E-state index contributed by atoms with van der Waals surface area (Å²) in [5, 5.41) is 2.80. The summed E-state index contributed by atoms with van der Waals surface area (Å²) >= 11 is 1.51. The zero-order valence-electron chi connectivity index (χ0n) is 13.3. The summed E-state index contributed by atoms with van der Waals surface area (Å²) in [6.45, 7) is 3.52. The van der Waals surface area contributed by atoms with E-state index in [-0.39, 0.29) is 6.61 Å². The first-order valence-corrected chi connectivity index (χ1v) is 8.47. The van der Waals surface area contributed by atoms with Gasteiger partial charge >= 0.3 is 5.97 Å². The maximum Gasteiger partial charge on any atom is 0.329 e. The minimum atomic E-state index is -0.985. The lowest BCUT2D eigenvalue weighted by molar-refractivity contribution is -0.149. The normalized spacial score (nSPS) is 14.7. The Morgan fingerprint density at radius 2 is 1.88 bits per heavy atom. The molecule has 0 fully saturated rings. The zero-order chi connectivity index (χ0) is 17.3. The van der Waals surface area contributed by atoms with E-state index in [0.29, 0.717) is 16.8 Å². The Bertz CT molecular complexity index is 779. The van der Waals surface area contributed by atoms with E-state index in [1.165, 1.54) is 18.3 Å². The van der Waals surface area contributed by atoms with Crippen molar-refractivity contribution in [1.29, 1.82) is 0 Å². The zero-order valence-corrected chi connectivity index (χ0v) is 14.1. The molecule has 1 aromatic heterocycles. The molecule has 1 atom stereocenters. The molecule has 3 rings (SSSR count). The van der Waals surface area contributed by atoms with Crippen LogP contribution in [0.15, 0.2) is 29.6 Å². The van der Waals surface area contributed by atoms with Crippen molar-refractivity contribution < 1.29 is 19.1 Å². The molecule has 0 saturated heterocycles. The predicted molar refractivity (Wildman–Crippen MR) is 87.7 cm³/mol. The first-order chi connectivity index (χ1) is 11.5. The number of rotatable bonds is 5. The quantitative estimate of drug-likeness (QED) is 0.615. The van der Waals surface area contributed by atoms with Crippen LogP contribution in [0.5, 0.6) is 0 Å². The third-order valence-corrected chi connectivity index (χ3v) is 4.86. The standard InChI is InChI=1S/C17H16N2O4S/c1-3-14-18-11(9-24-14)8-23-17(22)10(2)19-15(20)12-6-4-5-7-13(12)16(19)21/h4-7,9-10H,3,8H2,1-2H3. The lowest BCUT2D eigenvalue weighted by Crippen LogP contribution is -2.43. The van der Waals surface area contributed by atoms with Crippen LogP contribution in [-0.2, 0) is 22.6 Å². The summed E-state index contributed by atoms with van der Waals surface area (Å²) < 4.78 is 5.21. The van der Waals surface area contributed by atoms with Gasteiger partial charge in [0.1, 0.15) is 12.6 Å². The Balaban J connectivity index is 1.68. The van der Waals surface area contributed by atoms with Crippen molar-refractivity contribution in [3.63, 3.8) is 0 Å². The number of nitrogens with zero attached hydrogens (tertiary/aromatic N) is 2. The summed E-state index contributed by atoms with van der Waals surface area (Å²) in [5.41, 5.74) is 1.29. The minimum Gasteiger partial charge on any atom is -0.458 e. The second-order valence-electron chi connectivity index (χ2n) is 5.40. The van der Waals surface area contributed by atoms with Crippen LogP contribution in [0.4, 0.5) is 0 Å². The van der Waals surface area contributed by atoms with Crippen LogP contribution < -0.4 is 0 Å². The second-order valence-corrected chi connectivity index (χ2v) is 6.34. The molecule has 0 N–H and O–H groups in total. The molecule has 0 saturated carbocycles. The lowest BCUT2D eigenvalue weighted by Gasteiger charge is -2.20. The van der Waals surface area contributed by atoms with Crippen LogP contribution >= 0.6 is 11.3 Å². The first kappa shape index (κ1) is 16.3. The minimum absolute atomic E-state index is 0.0306. The van der Waals surface area contributed by atoms with Crippen LogP contribution in [0.3, 0.4) is 0 Å². The topological polar surface area (TPSA) is 76.6 Å². The van der Waals surface area contributed by atoms with Crippen molar-refractivity contribution in [2.45, 2.75) is 32.9 Å². The van der Waals surface area contributed by atoms with Crippen LogP contribution in [-0.4, -0.2) is 33.7 Å². The molecule has 6 nitrogen and oxygen atoms in total. The number of fused-ring (bicyclic) bond motifs is 1. The number of aromatic nitrogens is 1. The summed E-state index contributed by atoms with van der Waals surface area (Å²) in [5.74, 6) is -1.57. The van der Waals surface area contributed by atoms with Gasteiger partial charge in [-0.3, -0.25) is 14.5 Å². The highest BCUT2D eigenvalue weighted by molar-refractivity contribution is 7.09. The Hall–Kier alpha value is -2.54. The molecule has 1 aliphatic rings. The molecule has 0 aliphatic carbocycles. The van der Waals surface area contributed by atoms with Gasteiger partial charge in [0.15, 0.2) is 0 Å². The van der Waals surface area contributed by atoms with Gasteiger partial charge in [0.2, 0.25) is 0 Å². The number of ether oxygens (including phenoxy) is 1. The van der Waals surface area contributed by atoms with Crippen LogP contribution in [0.2, 0.25) is 0 Å². The van der Waals surface area contributed by atoms with Gasteiger partial charge in [-0.1, -0.05) is 19.1 Å². The maximum atomic E-state index is 12.4. The Labute approximate surface area is 143 Å². The molecule has 24 heavy (non-hydrogen) atoms. The number of imide groups is 1. The lowest BCUT2D eigenvalue weighted by atomic mass is 10.1. The average Bonchev–Trinajstić information content (AvgIpc) is 3.16. The van der Waals surface area contributed by atoms with Crippen molar-refractivity contribution in [1.82, 2.24) is 9.88 Å². The fraction of sp³-hybridized carbons (Fsp3) is 0.294. The molecule has 0 spiro atoms. The highest BCUT2D eigenvalue weighted by Crippen LogP contribution is 2.25. The van der Waals surface area contributed by atoms with Gasteiger partial charge in [-0.05, 0) is 25.5 Å². The molecular weight excluding hydrogens is 328 g/mol. The number of aryl methyl sites for hydroxylation is 1. The molecule has 2 aromatic rings. The number of hydrogen-bond acceptors (Lipinski definition) is 6. The van der Waals surface area contributed by atoms with Gasteiger partial charge < -0.3 is 4.74 Å². The number of carbonyl (C=O) groups is 3. The number of carbonyl (C=O) groups excluding carboxylic acids is 3. The molecule has 124 valence electrons. The van der Waals surface area contributed by atoms with E-state index in [4.69, 9.17) is 4.74 Å². The van der Waals surface area contributed by atoms with Crippen molar-refractivity contribution in [2.24, 2.45) is 0 Å². The molecule has 1 unspecified atom stereocenters. The third kappa shape index (κ3) is 2.82. The van der Waals surface area contributed by atoms with E-state index < -0.39 is 23.8 Å². The Morgan fingerprint density at radius 1 is 1.25 bits per heavy atom. The number of amides is 2. The SMILES string of the molecule is CCc1nc(COC(=O)C(C)N2C(=O)c3ccccc3C2=O)cs1. The van der Waals surface area contributed by atoms with E-state index in [1.54, 1.807) is 24.3 Å². The van der Waals surface area contributed by atoms with Crippen LogP contribution in [0.1, 0.15) is 45.3 Å².